The van der Waals surface area contributed by atoms with Crippen LogP contribution in [-0.4, -0.2) is 17.3 Å². The van der Waals surface area contributed by atoms with Crippen molar-refractivity contribution in [2.24, 2.45) is 5.73 Å². The van der Waals surface area contributed by atoms with Crippen molar-refractivity contribution in [3.05, 3.63) is 40.0 Å². The zero-order valence-corrected chi connectivity index (χ0v) is 10.4. The summed E-state index contributed by atoms with van der Waals surface area (Å²) in [7, 11) is 0. The lowest BCUT2D eigenvalue weighted by molar-refractivity contribution is 0.100. The average molecular weight is 279 g/mol. The maximum atomic E-state index is 11.7. The number of aromatic nitrogens is 1. The Morgan fingerprint density at radius 3 is 2.88 bits per heavy atom. The number of halogens is 1. The molecule has 82 valence electrons. The summed E-state index contributed by atoms with van der Waals surface area (Å²) in [6, 6.07) is 7.47. The molecule has 1 aromatic carbocycles. The molecule has 0 amide bonds. The van der Waals surface area contributed by atoms with Crippen LogP contribution >= 0.6 is 15.9 Å². The van der Waals surface area contributed by atoms with E-state index in [-0.39, 0.29) is 12.3 Å². The van der Waals surface area contributed by atoms with Gasteiger partial charge in [0.05, 0.1) is 12.1 Å². The highest BCUT2D eigenvalue weighted by molar-refractivity contribution is 9.10. The number of carbonyl (C=O) groups excluding carboxylic acids is 1. The van der Waals surface area contributed by atoms with Crippen LogP contribution in [0.3, 0.4) is 0 Å². The van der Waals surface area contributed by atoms with E-state index in [2.05, 4.69) is 20.9 Å². The smallest absolute Gasteiger partial charge is 0.177 e. The van der Waals surface area contributed by atoms with Gasteiger partial charge in [-0.25, -0.2) is 0 Å². The molecule has 2 rings (SSSR count). The maximum Gasteiger partial charge on any atom is 0.177 e. The summed E-state index contributed by atoms with van der Waals surface area (Å²) in [4.78, 5) is 16.1. The van der Waals surface area contributed by atoms with Crippen LogP contribution in [0.5, 0.6) is 0 Å². The molecule has 2 aromatic rings. The number of nitrogens with zero attached hydrogens (tertiary/aromatic N) is 1. The summed E-state index contributed by atoms with van der Waals surface area (Å²) in [6.45, 7) is 1.89. The number of aryl methyl sites for hydroxylation is 1. The van der Waals surface area contributed by atoms with Gasteiger partial charge in [0.25, 0.3) is 0 Å². The number of hydrogen-bond donors (Lipinski definition) is 1. The Morgan fingerprint density at radius 1 is 1.44 bits per heavy atom. The molecule has 3 nitrogen and oxygen atoms in total. The normalized spacial score (nSPS) is 10.7. The molecule has 0 spiro atoms. The van der Waals surface area contributed by atoms with Gasteiger partial charge in [-0.05, 0) is 31.2 Å². The van der Waals surface area contributed by atoms with Gasteiger partial charge in [0.15, 0.2) is 5.78 Å². The van der Waals surface area contributed by atoms with Gasteiger partial charge in [-0.3, -0.25) is 9.78 Å². The summed E-state index contributed by atoms with van der Waals surface area (Å²) < 4.78 is 0.928. The van der Waals surface area contributed by atoms with Crippen molar-refractivity contribution in [2.45, 2.75) is 6.92 Å². The summed E-state index contributed by atoms with van der Waals surface area (Å²) in [6.07, 6.45) is 0. The minimum atomic E-state index is -0.0615. The van der Waals surface area contributed by atoms with E-state index in [1.54, 1.807) is 6.07 Å². The fraction of sp³-hybridized carbons (Fsp3) is 0.167. The molecule has 16 heavy (non-hydrogen) atoms. The zero-order valence-electron chi connectivity index (χ0n) is 8.83. The Balaban J connectivity index is 2.79. The van der Waals surface area contributed by atoms with E-state index < -0.39 is 0 Å². The third-order valence-electron chi connectivity index (χ3n) is 2.38. The van der Waals surface area contributed by atoms with Gasteiger partial charge >= 0.3 is 0 Å². The number of pyridine rings is 1. The Hall–Kier alpha value is -1.26. The molecule has 1 heterocycles. The monoisotopic (exact) mass is 278 g/mol. The average Bonchev–Trinajstić information content (AvgIpc) is 2.27. The minimum Gasteiger partial charge on any atom is -0.324 e. The van der Waals surface area contributed by atoms with E-state index in [0.29, 0.717) is 5.56 Å². The molecule has 2 N–H and O–H groups in total. The molecular weight excluding hydrogens is 268 g/mol. The lowest BCUT2D eigenvalue weighted by atomic mass is 10.0. The number of hydrogen-bond acceptors (Lipinski definition) is 3. The third-order valence-corrected chi connectivity index (χ3v) is 2.88. The number of nitrogens with two attached hydrogens (primary N) is 1. The van der Waals surface area contributed by atoms with Crippen LogP contribution in [0.25, 0.3) is 10.9 Å². The number of carbonyl (C=O) groups is 1. The Bertz CT molecular complexity index is 566. The van der Waals surface area contributed by atoms with Crippen molar-refractivity contribution >= 4 is 32.6 Å². The fourth-order valence-corrected chi connectivity index (χ4v) is 2.03. The number of ketones is 1. The fourth-order valence-electron chi connectivity index (χ4n) is 1.67. The van der Waals surface area contributed by atoms with Crippen LogP contribution in [0, 0.1) is 6.92 Å². The first-order chi connectivity index (χ1) is 7.61. The Morgan fingerprint density at radius 2 is 2.19 bits per heavy atom. The topological polar surface area (TPSA) is 56.0 Å². The lowest BCUT2D eigenvalue weighted by Crippen LogP contribution is -2.14. The molecule has 0 bridgehead atoms. The molecule has 4 heteroatoms. The van der Waals surface area contributed by atoms with E-state index in [1.165, 1.54) is 0 Å². The molecule has 0 fully saturated rings. The van der Waals surface area contributed by atoms with Crippen molar-refractivity contribution in [1.29, 1.82) is 0 Å². The first-order valence-electron chi connectivity index (χ1n) is 4.92. The molecule has 0 unspecified atom stereocenters. The van der Waals surface area contributed by atoms with E-state index in [9.17, 15) is 4.79 Å². The molecule has 0 aliphatic carbocycles. The zero-order chi connectivity index (χ0) is 11.7. The Kier molecular flexibility index (Phi) is 3.03. The van der Waals surface area contributed by atoms with Crippen LogP contribution in [0.1, 0.15) is 16.1 Å². The molecule has 0 aliphatic heterocycles. The summed E-state index contributed by atoms with van der Waals surface area (Å²) in [5.74, 6) is -0.0615. The third kappa shape index (κ3) is 1.99. The largest absolute Gasteiger partial charge is 0.324 e. The second-order valence-corrected chi connectivity index (χ2v) is 4.52. The van der Waals surface area contributed by atoms with Gasteiger partial charge in [-0.2, -0.15) is 0 Å². The van der Waals surface area contributed by atoms with Crippen molar-refractivity contribution in [3.8, 4) is 0 Å². The van der Waals surface area contributed by atoms with Crippen molar-refractivity contribution in [2.75, 3.05) is 6.54 Å². The quantitative estimate of drug-likeness (QED) is 0.859. The van der Waals surface area contributed by atoms with E-state index in [1.807, 2.05) is 25.1 Å². The standard InChI is InChI=1S/C12H11BrN2O/c1-7-4-10(12(16)6-14)9-5-8(13)2-3-11(9)15-7/h2-5H,6,14H2,1H3. The highest BCUT2D eigenvalue weighted by Gasteiger charge is 2.10. The molecular formula is C12H11BrN2O. The van der Waals surface area contributed by atoms with Crippen molar-refractivity contribution in [1.82, 2.24) is 4.98 Å². The predicted octanol–water partition coefficient (Wildman–Crippen LogP) is 2.45. The number of fused-ring (bicyclic) bond motifs is 1. The van der Waals surface area contributed by atoms with E-state index in [0.717, 1.165) is 21.1 Å². The highest BCUT2D eigenvalue weighted by Crippen LogP contribution is 2.22. The number of rotatable bonds is 2. The summed E-state index contributed by atoms with van der Waals surface area (Å²) >= 11 is 3.39. The summed E-state index contributed by atoms with van der Waals surface area (Å²) in [5, 5.41) is 0.843. The van der Waals surface area contributed by atoms with E-state index in [4.69, 9.17) is 5.73 Å². The first kappa shape index (κ1) is 11.2. The van der Waals surface area contributed by atoms with Crippen LogP contribution in [-0.2, 0) is 0 Å². The van der Waals surface area contributed by atoms with Crippen LogP contribution in [0.2, 0.25) is 0 Å². The second-order valence-electron chi connectivity index (χ2n) is 3.60. The Labute approximate surface area is 102 Å². The van der Waals surface area contributed by atoms with Gasteiger partial charge in [0.1, 0.15) is 0 Å². The predicted molar refractivity (Wildman–Crippen MR) is 67.6 cm³/mol. The number of benzene rings is 1. The van der Waals surface area contributed by atoms with Gasteiger partial charge in [0, 0.05) is 21.1 Å². The first-order valence-corrected chi connectivity index (χ1v) is 5.71. The van der Waals surface area contributed by atoms with Gasteiger partial charge in [-0.1, -0.05) is 15.9 Å². The van der Waals surface area contributed by atoms with Crippen molar-refractivity contribution < 1.29 is 4.79 Å². The van der Waals surface area contributed by atoms with Crippen LogP contribution in [0.4, 0.5) is 0 Å². The highest BCUT2D eigenvalue weighted by atomic mass is 79.9. The van der Waals surface area contributed by atoms with Crippen LogP contribution in [0.15, 0.2) is 28.7 Å². The summed E-state index contributed by atoms with van der Waals surface area (Å²) in [5.41, 5.74) is 7.69. The molecule has 0 radical (unpaired) electrons. The lowest BCUT2D eigenvalue weighted by Gasteiger charge is -2.06. The SMILES string of the molecule is Cc1cc(C(=O)CN)c2cc(Br)ccc2n1. The molecule has 0 atom stereocenters. The molecule has 0 saturated heterocycles. The van der Waals surface area contributed by atoms with Gasteiger partial charge in [0.2, 0.25) is 0 Å². The second kappa shape index (κ2) is 4.31. The molecule has 0 saturated carbocycles. The van der Waals surface area contributed by atoms with E-state index >= 15 is 0 Å². The number of Topliss-reactive ketones (excluding diaryl/α,β-unsaturated/α-hetero) is 1. The van der Waals surface area contributed by atoms with Gasteiger partial charge in [-0.15, -0.1) is 0 Å². The maximum absolute atomic E-state index is 11.7. The molecule has 1 aromatic heterocycles. The van der Waals surface area contributed by atoms with Crippen molar-refractivity contribution in [3.63, 3.8) is 0 Å². The minimum absolute atomic E-state index is 0.0189. The van der Waals surface area contributed by atoms with Crippen LogP contribution < -0.4 is 5.73 Å². The molecule has 0 aliphatic rings. The van der Waals surface area contributed by atoms with Gasteiger partial charge < -0.3 is 5.73 Å².